The third-order valence-corrected chi connectivity index (χ3v) is 4.02. The SMILES string of the molecule is Cc1ccc(OC(F)F)c(C(=O)Nc2cc(C(=N)OC(=N)c3ccco3)ccc2F)c1. The molecule has 0 aliphatic rings. The average molecular weight is 431 g/mol. The topological polar surface area (TPSA) is 108 Å². The highest BCUT2D eigenvalue weighted by Gasteiger charge is 2.19. The fraction of sp³-hybridized carbons (Fsp3) is 0.0952. The van der Waals surface area contributed by atoms with Crippen LogP contribution in [0.25, 0.3) is 0 Å². The van der Waals surface area contributed by atoms with Crippen LogP contribution in [0.5, 0.6) is 5.75 Å². The molecule has 3 N–H and O–H groups in total. The Kier molecular flexibility index (Phi) is 6.39. The van der Waals surface area contributed by atoms with Crippen molar-refractivity contribution in [1.82, 2.24) is 0 Å². The van der Waals surface area contributed by atoms with Gasteiger partial charge in [0.1, 0.15) is 11.6 Å². The minimum absolute atomic E-state index is 0.0568. The second-order valence-corrected chi connectivity index (χ2v) is 6.26. The number of anilines is 1. The molecule has 1 amide bonds. The Labute approximate surface area is 174 Å². The smallest absolute Gasteiger partial charge is 0.387 e. The summed E-state index contributed by atoms with van der Waals surface area (Å²) in [6.45, 7) is -1.49. The summed E-state index contributed by atoms with van der Waals surface area (Å²) in [5.74, 6) is -2.90. The number of amides is 1. The minimum atomic E-state index is -3.14. The fourth-order valence-electron chi connectivity index (χ4n) is 2.59. The maximum Gasteiger partial charge on any atom is 0.387 e. The van der Waals surface area contributed by atoms with Crippen LogP contribution in [0.2, 0.25) is 0 Å². The lowest BCUT2D eigenvalue weighted by Gasteiger charge is -2.13. The first-order valence-corrected chi connectivity index (χ1v) is 8.80. The molecule has 0 unspecified atom stereocenters. The van der Waals surface area contributed by atoms with Crippen LogP contribution in [0.15, 0.2) is 59.2 Å². The maximum absolute atomic E-state index is 14.3. The molecule has 3 aromatic rings. The number of halogens is 3. The lowest BCUT2D eigenvalue weighted by molar-refractivity contribution is -0.0501. The van der Waals surface area contributed by atoms with Crippen molar-refractivity contribution >= 4 is 23.4 Å². The third kappa shape index (κ3) is 5.30. The third-order valence-electron chi connectivity index (χ3n) is 4.02. The van der Waals surface area contributed by atoms with Gasteiger partial charge in [0.05, 0.1) is 17.5 Å². The minimum Gasteiger partial charge on any atom is -0.459 e. The van der Waals surface area contributed by atoms with Gasteiger partial charge in [0.25, 0.3) is 11.8 Å². The highest BCUT2D eigenvalue weighted by Crippen LogP contribution is 2.25. The Morgan fingerprint density at radius 2 is 1.87 bits per heavy atom. The Balaban J connectivity index is 1.81. The van der Waals surface area contributed by atoms with Crippen LogP contribution in [-0.4, -0.2) is 24.3 Å². The van der Waals surface area contributed by atoms with Gasteiger partial charge in [-0.3, -0.25) is 15.6 Å². The summed E-state index contributed by atoms with van der Waals surface area (Å²) in [7, 11) is 0. The Hall–Kier alpha value is -4.08. The molecular weight excluding hydrogens is 415 g/mol. The van der Waals surface area contributed by atoms with Crippen LogP contribution in [0, 0.1) is 23.6 Å². The summed E-state index contributed by atoms with van der Waals surface area (Å²) in [6.07, 6.45) is 1.33. The molecule has 1 aromatic heterocycles. The number of hydrogen-bond acceptors (Lipinski definition) is 6. The maximum atomic E-state index is 14.3. The quantitative estimate of drug-likeness (QED) is 0.379. The zero-order valence-corrected chi connectivity index (χ0v) is 16.0. The van der Waals surface area contributed by atoms with Crippen molar-refractivity contribution < 1.29 is 31.9 Å². The summed E-state index contributed by atoms with van der Waals surface area (Å²) in [5.41, 5.74) is 0.134. The highest BCUT2D eigenvalue weighted by atomic mass is 19.3. The Morgan fingerprint density at radius 3 is 2.55 bits per heavy atom. The molecule has 0 spiro atoms. The number of nitrogens with one attached hydrogen (secondary N) is 3. The molecule has 2 aromatic carbocycles. The van der Waals surface area contributed by atoms with Crippen LogP contribution >= 0.6 is 0 Å². The molecule has 0 bridgehead atoms. The molecule has 0 fully saturated rings. The molecular formula is C21H16F3N3O4. The van der Waals surface area contributed by atoms with Crippen molar-refractivity contribution in [1.29, 1.82) is 10.8 Å². The largest absolute Gasteiger partial charge is 0.459 e. The van der Waals surface area contributed by atoms with E-state index < -0.39 is 30.1 Å². The van der Waals surface area contributed by atoms with Gasteiger partial charge in [-0.05, 0) is 49.4 Å². The van der Waals surface area contributed by atoms with Crippen molar-refractivity contribution in [2.45, 2.75) is 13.5 Å². The summed E-state index contributed by atoms with van der Waals surface area (Å²) < 4.78 is 53.9. The molecule has 0 atom stereocenters. The van der Waals surface area contributed by atoms with E-state index in [0.29, 0.717) is 5.56 Å². The Bertz CT molecular complexity index is 1130. The van der Waals surface area contributed by atoms with E-state index in [9.17, 15) is 18.0 Å². The van der Waals surface area contributed by atoms with Crippen LogP contribution in [0.3, 0.4) is 0 Å². The highest BCUT2D eigenvalue weighted by molar-refractivity contribution is 6.08. The van der Waals surface area contributed by atoms with Gasteiger partial charge in [0.15, 0.2) is 5.76 Å². The Morgan fingerprint density at radius 1 is 1.10 bits per heavy atom. The standard InChI is InChI=1S/C21H16F3N3O4/c1-11-4-7-16(30-21(23)24)13(9-11)20(28)27-15-10-12(5-6-14(15)22)18(25)31-19(26)17-3-2-8-29-17/h2-10,21,25-26H,1H3,(H,27,28). The first-order chi connectivity index (χ1) is 14.7. The number of aryl methyl sites for hydroxylation is 1. The number of carbonyl (C=O) groups excluding carboxylic acids is 1. The molecule has 0 saturated heterocycles. The van der Waals surface area contributed by atoms with E-state index in [4.69, 9.17) is 20.0 Å². The monoisotopic (exact) mass is 431 g/mol. The second-order valence-electron chi connectivity index (χ2n) is 6.26. The molecule has 0 aliphatic carbocycles. The van der Waals surface area contributed by atoms with Crippen LogP contribution in [0.4, 0.5) is 18.9 Å². The van der Waals surface area contributed by atoms with E-state index in [1.807, 2.05) is 0 Å². The summed E-state index contributed by atoms with van der Waals surface area (Å²) in [6, 6.07) is 10.4. The molecule has 160 valence electrons. The zero-order valence-electron chi connectivity index (χ0n) is 16.0. The molecule has 31 heavy (non-hydrogen) atoms. The van der Waals surface area contributed by atoms with Gasteiger partial charge in [0, 0.05) is 5.56 Å². The number of hydrogen-bond donors (Lipinski definition) is 3. The van der Waals surface area contributed by atoms with Gasteiger partial charge in [-0.25, -0.2) is 4.39 Å². The first-order valence-electron chi connectivity index (χ1n) is 8.80. The van der Waals surface area contributed by atoms with E-state index in [0.717, 1.165) is 12.1 Å². The van der Waals surface area contributed by atoms with E-state index >= 15 is 0 Å². The predicted molar refractivity (Wildman–Crippen MR) is 106 cm³/mol. The number of furan rings is 1. The number of alkyl halides is 2. The van der Waals surface area contributed by atoms with Crippen LogP contribution in [-0.2, 0) is 4.74 Å². The molecule has 1 heterocycles. The number of ether oxygens (including phenoxy) is 2. The average Bonchev–Trinajstić information content (AvgIpc) is 3.25. The van der Waals surface area contributed by atoms with E-state index in [1.165, 1.54) is 36.6 Å². The lowest BCUT2D eigenvalue weighted by atomic mass is 10.1. The summed E-state index contributed by atoms with van der Waals surface area (Å²) in [4.78, 5) is 12.6. The van der Waals surface area contributed by atoms with Gasteiger partial charge in [-0.2, -0.15) is 8.78 Å². The van der Waals surface area contributed by atoms with Crippen molar-refractivity contribution in [3.8, 4) is 5.75 Å². The number of benzene rings is 2. The zero-order chi connectivity index (χ0) is 22.5. The lowest BCUT2D eigenvalue weighted by Crippen LogP contribution is -2.17. The number of carbonyl (C=O) groups is 1. The van der Waals surface area contributed by atoms with Crippen molar-refractivity contribution in [2.24, 2.45) is 0 Å². The molecule has 0 saturated carbocycles. The van der Waals surface area contributed by atoms with E-state index in [2.05, 4.69) is 10.1 Å². The predicted octanol–water partition coefficient (Wildman–Crippen LogP) is 4.95. The van der Waals surface area contributed by atoms with E-state index in [1.54, 1.807) is 13.0 Å². The van der Waals surface area contributed by atoms with E-state index in [-0.39, 0.29) is 28.3 Å². The molecule has 10 heteroatoms. The molecule has 0 aliphatic heterocycles. The first kappa shape index (κ1) is 21.6. The van der Waals surface area contributed by atoms with Gasteiger partial charge >= 0.3 is 6.61 Å². The normalized spacial score (nSPS) is 10.6. The fourth-order valence-corrected chi connectivity index (χ4v) is 2.59. The molecule has 0 radical (unpaired) electrons. The molecule has 3 rings (SSSR count). The second kappa shape index (κ2) is 9.16. The van der Waals surface area contributed by atoms with Gasteiger partial charge < -0.3 is 19.2 Å². The van der Waals surface area contributed by atoms with Crippen LogP contribution < -0.4 is 10.1 Å². The van der Waals surface area contributed by atoms with Crippen molar-refractivity contribution in [3.05, 3.63) is 83.1 Å². The van der Waals surface area contributed by atoms with Gasteiger partial charge in [-0.15, -0.1) is 0 Å². The van der Waals surface area contributed by atoms with Gasteiger partial charge in [0.2, 0.25) is 5.90 Å². The van der Waals surface area contributed by atoms with Crippen molar-refractivity contribution in [2.75, 3.05) is 5.32 Å². The summed E-state index contributed by atoms with van der Waals surface area (Å²) >= 11 is 0. The summed E-state index contributed by atoms with van der Waals surface area (Å²) in [5, 5.41) is 18.0. The number of rotatable bonds is 6. The van der Waals surface area contributed by atoms with Crippen LogP contribution in [0.1, 0.15) is 27.2 Å². The molecule has 7 nitrogen and oxygen atoms in total. The van der Waals surface area contributed by atoms with Crippen molar-refractivity contribution in [3.63, 3.8) is 0 Å². The van der Waals surface area contributed by atoms with Gasteiger partial charge in [-0.1, -0.05) is 11.6 Å².